The van der Waals surface area contributed by atoms with Crippen molar-refractivity contribution in [2.45, 2.75) is 4.90 Å². The Kier molecular flexibility index (Phi) is 2.56. The number of benzene rings is 1. The van der Waals surface area contributed by atoms with Gasteiger partial charge in [-0.05, 0) is 30.3 Å². The smallest absolute Gasteiger partial charge is 0.294 e. The molecule has 8 nitrogen and oxygen atoms in total. The van der Waals surface area contributed by atoms with E-state index in [0.717, 1.165) is 0 Å². The summed E-state index contributed by atoms with van der Waals surface area (Å²) in [4.78, 5) is 18.7. The molecular formula is C13H9N5O3S. The number of rotatable bonds is 2. The van der Waals surface area contributed by atoms with Gasteiger partial charge in [-0.1, -0.05) is 0 Å². The molecule has 0 atom stereocenters. The topological polar surface area (TPSA) is 125 Å². The molecule has 0 amide bonds. The summed E-state index contributed by atoms with van der Waals surface area (Å²) in [5.41, 5.74) is 2.39. The first kappa shape index (κ1) is 12.9. The third-order valence-corrected chi connectivity index (χ3v) is 4.08. The SMILES string of the molecule is O=S(=O)(O)c1ccc2[nH]c(-c3nc4cccnc4[nH]3)nc2c1. The fourth-order valence-electron chi connectivity index (χ4n) is 2.21. The van der Waals surface area contributed by atoms with E-state index in [0.29, 0.717) is 33.8 Å². The van der Waals surface area contributed by atoms with E-state index >= 15 is 0 Å². The number of nitrogens with one attached hydrogen (secondary N) is 2. The molecule has 3 N–H and O–H groups in total. The lowest BCUT2D eigenvalue weighted by molar-refractivity contribution is 0.483. The summed E-state index contributed by atoms with van der Waals surface area (Å²) in [6, 6.07) is 7.74. The second-order valence-electron chi connectivity index (χ2n) is 4.70. The quantitative estimate of drug-likeness (QED) is 0.484. The van der Waals surface area contributed by atoms with Crippen molar-refractivity contribution in [2.24, 2.45) is 0 Å². The van der Waals surface area contributed by atoms with Gasteiger partial charge in [-0.2, -0.15) is 8.42 Å². The average Bonchev–Trinajstić information content (AvgIpc) is 3.08. The molecule has 9 heteroatoms. The van der Waals surface area contributed by atoms with Crippen molar-refractivity contribution in [1.29, 1.82) is 0 Å². The number of pyridine rings is 1. The molecular weight excluding hydrogens is 306 g/mol. The number of fused-ring (bicyclic) bond motifs is 2. The molecule has 0 fully saturated rings. The summed E-state index contributed by atoms with van der Waals surface area (Å²) >= 11 is 0. The monoisotopic (exact) mass is 315 g/mol. The van der Waals surface area contributed by atoms with E-state index in [1.807, 2.05) is 6.07 Å². The van der Waals surface area contributed by atoms with Crippen LogP contribution in [0.15, 0.2) is 41.4 Å². The normalized spacial score (nSPS) is 12.2. The van der Waals surface area contributed by atoms with E-state index in [2.05, 4.69) is 24.9 Å². The highest BCUT2D eigenvalue weighted by Crippen LogP contribution is 2.22. The van der Waals surface area contributed by atoms with Crippen molar-refractivity contribution in [2.75, 3.05) is 0 Å². The molecule has 0 radical (unpaired) electrons. The molecule has 3 heterocycles. The molecule has 0 spiro atoms. The minimum Gasteiger partial charge on any atom is -0.335 e. The number of nitrogens with zero attached hydrogens (tertiary/aromatic N) is 3. The van der Waals surface area contributed by atoms with Gasteiger partial charge in [0.15, 0.2) is 17.3 Å². The summed E-state index contributed by atoms with van der Waals surface area (Å²) in [6.07, 6.45) is 1.65. The summed E-state index contributed by atoms with van der Waals surface area (Å²) in [5, 5.41) is 0. The highest BCUT2D eigenvalue weighted by atomic mass is 32.2. The average molecular weight is 315 g/mol. The summed E-state index contributed by atoms with van der Waals surface area (Å²) in [7, 11) is -4.26. The zero-order valence-corrected chi connectivity index (χ0v) is 11.8. The van der Waals surface area contributed by atoms with Crippen LogP contribution in [0.3, 0.4) is 0 Å². The van der Waals surface area contributed by atoms with Gasteiger partial charge in [-0.25, -0.2) is 15.0 Å². The van der Waals surface area contributed by atoms with E-state index in [4.69, 9.17) is 4.55 Å². The van der Waals surface area contributed by atoms with Crippen LogP contribution >= 0.6 is 0 Å². The minimum absolute atomic E-state index is 0.204. The third kappa shape index (κ3) is 2.03. The Balaban J connectivity index is 1.88. The molecule has 0 aliphatic heterocycles. The van der Waals surface area contributed by atoms with Gasteiger partial charge in [0.25, 0.3) is 10.1 Å². The van der Waals surface area contributed by atoms with Crippen LogP contribution in [0.25, 0.3) is 33.8 Å². The minimum atomic E-state index is -4.26. The number of aromatic amines is 2. The van der Waals surface area contributed by atoms with E-state index < -0.39 is 10.1 Å². The molecule has 0 unspecified atom stereocenters. The van der Waals surface area contributed by atoms with Gasteiger partial charge in [0.2, 0.25) is 0 Å². The maximum Gasteiger partial charge on any atom is 0.294 e. The van der Waals surface area contributed by atoms with Crippen LogP contribution in [-0.4, -0.2) is 37.9 Å². The Bertz CT molecular complexity index is 1080. The van der Waals surface area contributed by atoms with Crippen LogP contribution in [0, 0.1) is 0 Å². The number of aromatic nitrogens is 5. The first-order valence-corrected chi connectivity index (χ1v) is 7.73. The largest absolute Gasteiger partial charge is 0.335 e. The highest BCUT2D eigenvalue weighted by molar-refractivity contribution is 7.85. The molecule has 0 bridgehead atoms. The molecule has 0 saturated carbocycles. The second kappa shape index (κ2) is 4.36. The van der Waals surface area contributed by atoms with Crippen LogP contribution in [0.4, 0.5) is 0 Å². The van der Waals surface area contributed by atoms with Crippen molar-refractivity contribution >= 4 is 32.3 Å². The van der Waals surface area contributed by atoms with Crippen LogP contribution in [0.2, 0.25) is 0 Å². The molecule has 0 saturated heterocycles. The van der Waals surface area contributed by atoms with Crippen molar-refractivity contribution in [1.82, 2.24) is 24.9 Å². The summed E-state index contributed by atoms with van der Waals surface area (Å²) in [5.74, 6) is 0.957. The van der Waals surface area contributed by atoms with Crippen molar-refractivity contribution < 1.29 is 13.0 Å². The number of hydrogen-bond acceptors (Lipinski definition) is 5. The molecule has 0 aliphatic carbocycles. The molecule has 4 aromatic rings. The fraction of sp³-hybridized carbons (Fsp3) is 0. The fourth-order valence-corrected chi connectivity index (χ4v) is 2.71. The molecule has 1 aromatic carbocycles. The van der Waals surface area contributed by atoms with Gasteiger partial charge in [-0.3, -0.25) is 4.55 Å². The van der Waals surface area contributed by atoms with E-state index in [-0.39, 0.29) is 4.90 Å². The third-order valence-electron chi connectivity index (χ3n) is 3.23. The Labute approximate surface area is 124 Å². The lowest BCUT2D eigenvalue weighted by Crippen LogP contribution is -1.97. The molecule has 22 heavy (non-hydrogen) atoms. The lowest BCUT2D eigenvalue weighted by Gasteiger charge is -1.94. The van der Waals surface area contributed by atoms with Gasteiger partial charge in [0, 0.05) is 6.20 Å². The van der Waals surface area contributed by atoms with Crippen molar-refractivity contribution in [3.8, 4) is 11.6 Å². The van der Waals surface area contributed by atoms with Crippen LogP contribution in [0.1, 0.15) is 0 Å². The number of imidazole rings is 2. The van der Waals surface area contributed by atoms with E-state index in [9.17, 15) is 8.42 Å². The maximum atomic E-state index is 11.2. The van der Waals surface area contributed by atoms with Gasteiger partial charge in [-0.15, -0.1) is 0 Å². The first-order chi connectivity index (χ1) is 10.5. The van der Waals surface area contributed by atoms with Gasteiger partial charge in [0.1, 0.15) is 5.52 Å². The Hall–Kier alpha value is -2.78. The standard InChI is InChI=1S/C13H9N5O3S/c19-22(20,21)7-3-4-8-10(6-7)17-12(15-8)13-16-9-2-1-5-14-11(9)18-13/h1-6H,(H,15,17)(H,14,16,18)(H,19,20,21). The Morgan fingerprint density at radius 2 is 1.77 bits per heavy atom. The second-order valence-corrected chi connectivity index (χ2v) is 6.12. The first-order valence-electron chi connectivity index (χ1n) is 6.29. The number of H-pyrrole nitrogens is 2. The van der Waals surface area contributed by atoms with Crippen LogP contribution < -0.4 is 0 Å². The predicted octanol–water partition coefficient (Wildman–Crippen LogP) is 1.75. The van der Waals surface area contributed by atoms with Crippen LogP contribution in [0.5, 0.6) is 0 Å². The number of hydrogen-bond donors (Lipinski definition) is 3. The van der Waals surface area contributed by atoms with Gasteiger partial charge < -0.3 is 9.97 Å². The van der Waals surface area contributed by atoms with E-state index in [1.165, 1.54) is 18.2 Å². The molecule has 4 rings (SSSR count). The van der Waals surface area contributed by atoms with E-state index in [1.54, 1.807) is 12.3 Å². The van der Waals surface area contributed by atoms with Gasteiger partial charge >= 0.3 is 0 Å². The predicted molar refractivity (Wildman–Crippen MR) is 78.8 cm³/mol. The maximum absolute atomic E-state index is 11.2. The Morgan fingerprint density at radius 1 is 1.00 bits per heavy atom. The van der Waals surface area contributed by atoms with Gasteiger partial charge in [0.05, 0.1) is 15.9 Å². The zero-order chi connectivity index (χ0) is 15.3. The lowest BCUT2D eigenvalue weighted by atomic mass is 10.3. The highest BCUT2D eigenvalue weighted by Gasteiger charge is 2.14. The molecule has 0 aliphatic rings. The molecule has 110 valence electrons. The zero-order valence-electron chi connectivity index (χ0n) is 11.0. The molecule has 3 aromatic heterocycles. The van der Waals surface area contributed by atoms with Crippen molar-refractivity contribution in [3.05, 3.63) is 36.5 Å². The van der Waals surface area contributed by atoms with Crippen molar-refractivity contribution in [3.63, 3.8) is 0 Å². The van der Waals surface area contributed by atoms with Crippen LogP contribution in [-0.2, 0) is 10.1 Å². The summed E-state index contributed by atoms with van der Waals surface area (Å²) < 4.78 is 31.4. The Morgan fingerprint density at radius 3 is 2.55 bits per heavy atom. The summed E-state index contributed by atoms with van der Waals surface area (Å²) in [6.45, 7) is 0.